The lowest BCUT2D eigenvalue weighted by Gasteiger charge is -2.37. The van der Waals surface area contributed by atoms with Crippen molar-refractivity contribution in [1.82, 2.24) is 0 Å². The molecule has 0 aromatic rings. The van der Waals surface area contributed by atoms with Crippen molar-refractivity contribution in [3.8, 4) is 0 Å². The smallest absolute Gasteiger partial charge is 0.309 e. The van der Waals surface area contributed by atoms with Gasteiger partial charge in [-0.2, -0.15) is 0 Å². The van der Waals surface area contributed by atoms with Crippen LogP contribution < -0.4 is 0 Å². The van der Waals surface area contributed by atoms with Crippen LogP contribution in [0, 0.1) is 5.92 Å². The number of carboxylic acids is 3. The van der Waals surface area contributed by atoms with Gasteiger partial charge in [0, 0.05) is 5.92 Å². The molecule has 0 bridgehead atoms. The van der Waals surface area contributed by atoms with E-state index in [0.29, 0.717) is 0 Å². The lowest BCUT2D eigenvalue weighted by Crippen LogP contribution is -2.51. The molecule has 0 heterocycles. The molecule has 0 spiro atoms. The highest BCUT2D eigenvalue weighted by molar-refractivity contribution is 5.72. The Kier molecular flexibility index (Phi) is 5.77. The molecule has 0 aromatic carbocycles. The molecule has 7 nitrogen and oxygen atoms in total. The Hall–Kier alpha value is -1.63. The Morgan fingerprint density at radius 3 is 1.39 bits per heavy atom. The van der Waals surface area contributed by atoms with E-state index in [-0.39, 0.29) is 23.7 Å². The summed E-state index contributed by atoms with van der Waals surface area (Å²) in [5, 5.41) is 26.5. The molecule has 0 aromatic heterocycles. The van der Waals surface area contributed by atoms with Gasteiger partial charge in [-0.25, -0.2) is 0 Å². The summed E-state index contributed by atoms with van der Waals surface area (Å²) in [7, 11) is 5.18. The minimum absolute atomic E-state index is 0.206. The van der Waals surface area contributed by atoms with Gasteiger partial charge in [0.1, 0.15) is 6.04 Å². The van der Waals surface area contributed by atoms with Crippen molar-refractivity contribution in [1.29, 1.82) is 0 Å². The van der Waals surface area contributed by atoms with Crippen LogP contribution in [0.2, 0.25) is 0 Å². The molecular weight excluding hydrogens is 242 g/mol. The van der Waals surface area contributed by atoms with E-state index in [2.05, 4.69) is 0 Å². The molecule has 0 rings (SSSR count). The standard InChI is InChI=1S/C11H19NO6/c1-12(2,3)8(6-11(17)18)7(4-9(13)14)5-10(15)16/h7-8H,4-6H2,1-3H3,(H2-,13,14,15,16,17,18)/p+1. The molecule has 0 saturated carbocycles. The summed E-state index contributed by atoms with van der Waals surface area (Å²) >= 11 is 0. The minimum Gasteiger partial charge on any atom is -0.481 e. The number of aliphatic carboxylic acids is 3. The molecule has 3 N–H and O–H groups in total. The van der Waals surface area contributed by atoms with E-state index in [1.807, 2.05) is 0 Å². The highest BCUT2D eigenvalue weighted by Gasteiger charge is 2.37. The van der Waals surface area contributed by atoms with Crippen molar-refractivity contribution < 1.29 is 34.2 Å². The van der Waals surface area contributed by atoms with Crippen molar-refractivity contribution in [2.45, 2.75) is 25.3 Å². The zero-order chi connectivity index (χ0) is 14.5. The normalized spacial score (nSPS) is 13.3. The molecule has 0 aliphatic heterocycles. The van der Waals surface area contributed by atoms with E-state index < -0.39 is 29.9 Å². The Morgan fingerprint density at radius 1 is 0.833 bits per heavy atom. The molecule has 1 atom stereocenters. The predicted octanol–water partition coefficient (Wildman–Crippen LogP) is 0.102. The summed E-state index contributed by atoms with van der Waals surface area (Å²) < 4.78 is 0.206. The Morgan fingerprint density at radius 2 is 1.17 bits per heavy atom. The van der Waals surface area contributed by atoms with E-state index in [4.69, 9.17) is 15.3 Å². The van der Waals surface area contributed by atoms with Crippen LogP contribution in [0.5, 0.6) is 0 Å². The second-order valence-corrected chi connectivity index (χ2v) is 5.24. The van der Waals surface area contributed by atoms with Crippen molar-refractivity contribution in [3.05, 3.63) is 0 Å². The van der Waals surface area contributed by atoms with Gasteiger partial charge in [-0.05, 0) is 0 Å². The number of nitrogens with zero attached hydrogens (tertiary/aromatic N) is 1. The summed E-state index contributed by atoms with van der Waals surface area (Å²) in [6, 6.07) is -0.560. The maximum Gasteiger partial charge on any atom is 0.309 e. The third-order valence-corrected chi connectivity index (χ3v) is 2.80. The highest BCUT2D eigenvalue weighted by atomic mass is 16.4. The Labute approximate surface area is 105 Å². The molecule has 0 saturated heterocycles. The third kappa shape index (κ3) is 6.19. The maximum absolute atomic E-state index is 10.8. The van der Waals surface area contributed by atoms with E-state index >= 15 is 0 Å². The number of carbonyl (C=O) groups is 3. The summed E-state index contributed by atoms with van der Waals surface area (Å²) in [6.07, 6.45) is -0.950. The first-order valence-electron chi connectivity index (χ1n) is 5.50. The number of carboxylic acid groups (broad SMARTS) is 3. The summed E-state index contributed by atoms with van der Waals surface area (Å²) in [5.41, 5.74) is 0. The molecule has 0 radical (unpaired) electrons. The molecule has 0 fully saturated rings. The van der Waals surface area contributed by atoms with E-state index in [1.165, 1.54) is 0 Å². The Bertz CT molecular complexity index is 317. The van der Waals surface area contributed by atoms with Gasteiger partial charge in [-0.3, -0.25) is 14.4 Å². The SMILES string of the molecule is C[N+](C)(C)C(CC(=O)O)C(CC(=O)O)CC(=O)O. The van der Waals surface area contributed by atoms with Gasteiger partial charge in [0.05, 0.1) is 40.4 Å². The average molecular weight is 262 g/mol. The van der Waals surface area contributed by atoms with Gasteiger partial charge in [0.2, 0.25) is 0 Å². The van der Waals surface area contributed by atoms with Gasteiger partial charge < -0.3 is 19.8 Å². The van der Waals surface area contributed by atoms with Crippen molar-refractivity contribution in [2.75, 3.05) is 21.1 Å². The van der Waals surface area contributed by atoms with Crippen LogP contribution in [0.1, 0.15) is 19.3 Å². The van der Waals surface area contributed by atoms with Gasteiger partial charge in [-0.1, -0.05) is 0 Å². The van der Waals surface area contributed by atoms with Crippen LogP contribution in [-0.2, 0) is 14.4 Å². The maximum atomic E-state index is 10.8. The van der Waals surface area contributed by atoms with Crippen molar-refractivity contribution in [2.24, 2.45) is 5.92 Å². The van der Waals surface area contributed by atoms with Crippen LogP contribution in [0.3, 0.4) is 0 Å². The third-order valence-electron chi connectivity index (χ3n) is 2.80. The Balaban J connectivity index is 5.11. The molecule has 0 aliphatic carbocycles. The van der Waals surface area contributed by atoms with Crippen LogP contribution in [-0.4, -0.2) is 64.9 Å². The van der Waals surface area contributed by atoms with Crippen LogP contribution >= 0.6 is 0 Å². The van der Waals surface area contributed by atoms with E-state index in [9.17, 15) is 14.4 Å². The molecule has 18 heavy (non-hydrogen) atoms. The zero-order valence-corrected chi connectivity index (χ0v) is 10.8. The van der Waals surface area contributed by atoms with Gasteiger partial charge in [0.25, 0.3) is 0 Å². The fourth-order valence-corrected chi connectivity index (χ4v) is 2.04. The molecule has 7 heteroatoms. The van der Waals surface area contributed by atoms with Crippen molar-refractivity contribution in [3.63, 3.8) is 0 Å². The quantitative estimate of drug-likeness (QED) is 0.535. The average Bonchev–Trinajstić information content (AvgIpc) is 2.09. The van der Waals surface area contributed by atoms with Crippen LogP contribution in [0.25, 0.3) is 0 Å². The van der Waals surface area contributed by atoms with Gasteiger partial charge in [-0.15, -0.1) is 0 Å². The summed E-state index contributed by atoms with van der Waals surface area (Å²) in [4.78, 5) is 32.3. The summed E-state index contributed by atoms with van der Waals surface area (Å²) in [5.74, 6) is -4.01. The van der Waals surface area contributed by atoms with Gasteiger partial charge in [0.15, 0.2) is 0 Å². The molecule has 1 unspecified atom stereocenters. The number of rotatable bonds is 8. The number of hydrogen-bond donors (Lipinski definition) is 3. The van der Waals surface area contributed by atoms with Crippen LogP contribution in [0.15, 0.2) is 0 Å². The van der Waals surface area contributed by atoms with Crippen LogP contribution in [0.4, 0.5) is 0 Å². The predicted molar refractivity (Wildman–Crippen MR) is 62.1 cm³/mol. The number of hydrogen-bond acceptors (Lipinski definition) is 3. The molecular formula is C11H20NO6+. The number of quaternary nitrogens is 1. The first kappa shape index (κ1) is 16.4. The zero-order valence-electron chi connectivity index (χ0n) is 10.8. The first-order valence-corrected chi connectivity index (χ1v) is 5.50. The minimum atomic E-state index is -1.12. The topological polar surface area (TPSA) is 112 Å². The highest BCUT2D eigenvalue weighted by Crippen LogP contribution is 2.24. The fourth-order valence-electron chi connectivity index (χ4n) is 2.04. The van der Waals surface area contributed by atoms with E-state index in [1.54, 1.807) is 21.1 Å². The largest absolute Gasteiger partial charge is 0.481 e. The van der Waals surface area contributed by atoms with Crippen molar-refractivity contribution >= 4 is 17.9 Å². The first-order chi connectivity index (χ1) is 8.04. The second kappa shape index (κ2) is 6.34. The lowest BCUT2D eigenvalue weighted by atomic mass is 9.88. The van der Waals surface area contributed by atoms with Gasteiger partial charge >= 0.3 is 17.9 Å². The monoisotopic (exact) mass is 262 g/mol. The summed E-state index contributed by atoms with van der Waals surface area (Å²) in [6.45, 7) is 0. The molecule has 104 valence electrons. The van der Waals surface area contributed by atoms with E-state index in [0.717, 1.165) is 0 Å². The molecule has 0 aliphatic rings. The lowest BCUT2D eigenvalue weighted by molar-refractivity contribution is -0.899. The molecule has 0 amide bonds. The fraction of sp³-hybridized carbons (Fsp3) is 0.727. The second-order valence-electron chi connectivity index (χ2n) is 5.24.